The van der Waals surface area contributed by atoms with Crippen molar-refractivity contribution in [3.63, 3.8) is 0 Å². The van der Waals surface area contributed by atoms with Crippen LogP contribution in [0.2, 0.25) is 0 Å². The highest BCUT2D eigenvalue weighted by molar-refractivity contribution is 5.90. The number of hydrogen-bond acceptors (Lipinski definition) is 5. The van der Waals surface area contributed by atoms with Crippen LogP contribution < -0.4 is 10.1 Å². The predicted molar refractivity (Wildman–Crippen MR) is 116 cm³/mol. The van der Waals surface area contributed by atoms with Crippen LogP contribution >= 0.6 is 0 Å². The van der Waals surface area contributed by atoms with Crippen LogP contribution in [0.3, 0.4) is 0 Å². The number of anilines is 1. The number of amides is 1. The highest BCUT2D eigenvalue weighted by atomic mass is 19.1. The molecule has 1 heterocycles. The van der Waals surface area contributed by atoms with E-state index < -0.39 is 11.6 Å². The second-order valence-electron chi connectivity index (χ2n) is 7.06. The molecule has 0 saturated carbocycles. The van der Waals surface area contributed by atoms with Gasteiger partial charge in [-0.3, -0.25) is 4.79 Å². The zero-order valence-corrected chi connectivity index (χ0v) is 17.2. The van der Waals surface area contributed by atoms with Crippen molar-refractivity contribution in [1.82, 2.24) is 4.98 Å². The number of nitrogens with one attached hydrogen (secondary N) is 1. The third-order valence-electron chi connectivity index (χ3n) is 4.65. The Bertz CT molecular complexity index is 1330. The molecule has 4 rings (SSSR count). The van der Waals surface area contributed by atoms with Crippen molar-refractivity contribution in [2.75, 3.05) is 5.32 Å². The molecule has 1 amide bonds. The first kappa shape index (κ1) is 21.7. The molecule has 0 atom stereocenters. The lowest BCUT2D eigenvalue weighted by Gasteiger charge is -2.08. The molecule has 0 spiro atoms. The minimum atomic E-state index is -0.749. The van der Waals surface area contributed by atoms with E-state index in [0.717, 1.165) is 12.1 Å². The minimum Gasteiger partial charge on any atom is -0.457 e. The summed E-state index contributed by atoms with van der Waals surface area (Å²) in [5.41, 5.74) is 1.18. The number of halogens is 2. The number of oxazole rings is 1. The quantitative estimate of drug-likeness (QED) is 0.385. The molecular formula is C25H17F2N3O3. The Labute approximate surface area is 188 Å². The average Bonchev–Trinajstić information content (AvgIpc) is 3.28. The monoisotopic (exact) mass is 445 g/mol. The van der Waals surface area contributed by atoms with Gasteiger partial charge in [0.1, 0.15) is 23.1 Å². The molecule has 1 aromatic heterocycles. The van der Waals surface area contributed by atoms with E-state index in [1.54, 1.807) is 48.5 Å². The van der Waals surface area contributed by atoms with Crippen LogP contribution in [-0.2, 0) is 11.2 Å². The smallest absolute Gasteiger partial charge is 0.224 e. The summed E-state index contributed by atoms with van der Waals surface area (Å²) >= 11 is 0. The molecule has 0 aliphatic rings. The summed E-state index contributed by atoms with van der Waals surface area (Å²) in [6.45, 7) is 0. The third kappa shape index (κ3) is 5.60. The zero-order valence-electron chi connectivity index (χ0n) is 17.2. The lowest BCUT2D eigenvalue weighted by atomic mass is 10.2. The van der Waals surface area contributed by atoms with Crippen molar-refractivity contribution in [3.8, 4) is 28.9 Å². The minimum absolute atomic E-state index is 0.0984. The summed E-state index contributed by atoms with van der Waals surface area (Å²) in [5, 5.41) is 11.7. The fourth-order valence-electron chi connectivity index (χ4n) is 3.06. The van der Waals surface area contributed by atoms with E-state index in [1.807, 2.05) is 0 Å². The van der Waals surface area contributed by atoms with Crippen LogP contribution in [0.5, 0.6) is 11.5 Å². The summed E-state index contributed by atoms with van der Waals surface area (Å²) in [6, 6.07) is 18.8. The SMILES string of the molecule is N#Cc1cccc(Oc2ccc(NC(=O)CCc3ncc(-c4ccc(F)cc4F)o3)cc2)c1. The van der Waals surface area contributed by atoms with Crippen molar-refractivity contribution >= 4 is 11.6 Å². The number of nitrogens with zero attached hydrogens (tertiary/aromatic N) is 2. The molecule has 0 fully saturated rings. The Kier molecular flexibility index (Phi) is 6.41. The first-order chi connectivity index (χ1) is 16.0. The fourth-order valence-corrected chi connectivity index (χ4v) is 3.06. The number of benzene rings is 3. The van der Waals surface area contributed by atoms with Crippen molar-refractivity contribution < 1.29 is 22.7 Å². The number of carbonyl (C=O) groups is 1. The molecule has 0 saturated heterocycles. The van der Waals surface area contributed by atoms with E-state index in [9.17, 15) is 13.6 Å². The van der Waals surface area contributed by atoms with E-state index in [4.69, 9.17) is 14.4 Å². The standard InChI is InChI=1S/C25H17F2N3O3/c26-17-4-9-21(22(27)13-17)23-15-29-25(33-23)11-10-24(31)30-18-5-7-19(8-6-18)32-20-3-1-2-16(12-20)14-28/h1-9,12-13,15H,10-11H2,(H,30,31). The van der Waals surface area contributed by atoms with Gasteiger partial charge in [0.25, 0.3) is 0 Å². The molecule has 4 aromatic rings. The van der Waals surface area contributed by atoms with Crippen LogP contribution in [0.4, 0.5) is 14.5 Å². The van der Waals surface area contributed by atoms with Gasteiger partial charge in [0.05, 0.1) is 23.4 Å². The van der Waals surface area contributed by atoms with Gasteiger partial charge in [0.15, 0.2) is 11.7 Å². The van der Waals surface area contributed by atoms with Gasteiger partial charge in [0, 0.05) is 24.6 Å². The van der Waals surface area contributed by atoms with Gasteiger partial charge in [-0.15, -0.1) is 0 Å². The van der Waals surface area contributed by atoms with E-state index in [1.165, 1.54) is 12.3 Å². The second-order valence-corrected chi connectivity index (χ2v) is 7.06. The van der Waals surface area contributed by atoms with Crippen LogP contribution in [0.15, 0.2) is 77.3 Å². The maximum atomic E-state index is 13.9. The number of aryl methyl sites for hydroxylation is 1. The number of hydrogen-bond donors (Lipinski definition) is 1. The van der Waals surface area contributed by atoms with E-state index in [0.29, 0.717) is 22.7 Å². The summed E-state index contributed by atoms with van der Waals surface area (Å²) < 4.78 is 38.1. The first-order valence-corrected chi connectivity index (χ1v) is 9.98. The number of carbonyl (C=O) groups excluding carboxylic acids is 1. The number of aromatic nitrogens is 1. The molecule has 0 bridgehead atoms. The molecule has 0 unspecified atom stereocenters. The van der Waals surface area contributed by atoms with Gasteiger partial charge in [-0.05, 0) is 54.6 Å². The molecule has 0 aliphatic carbocycles. The number of rotatable bonds is 7. The first-order valence-electron chi connectivity index (χ1n) is 9.98. The van der Waals surface area contributed by atoms with E-state index in [-0.39, 0.29) is 36.0 Å². The molecular weight excluding hydrogens is 428 g/mol. The maximum Gasteiger partial charge on any atom is 0.224 e. The highest BCUT2D eigenvalue weighted by Gasteiger charge is 2.13. The molecule has 164 valence electrons. The van der Waals surface area contributed by atoms with Gasteiger partial charge in [0.2, 0.25) is 5.91 Å². The van der Waals surface area contributed by atoms with Gasteiger partial charge in [-0.1, -0.05) is 6.07 Å². The molecule has 6 nitrogen and oxygen atoms in total. The van der Waals surface area contributed by atoms with Crippen molar-refractivity contribution in [2.24, 2.45) is 0 Å². The molecule has 0 aliphatic heterocycles. The van der Waals surface area contributed by atoms with Crippen molar-refractivity contribution in [3.05, 3.63) is 96.0 Å². The van der Waals surface area contributed by atoms with Crippen molar-refractivity contribution in [2.45, 2.75) is 12.8 Å². The van der Waals surface area contributed by atoms with Crippen LogP contribution in [0.25, 0.3) is 11.3 Å². The molecule has 0 radical (unpaired) electrons. The molecule has 3 aromatic carbocycles. The van der Waals surface area contributed by atoms with Crippen LogP contribution in [-0.4, -0.2) is 10.9 Å². The Morgan fingerprint density at radius 1 is 1.06 bits per heavy atom. The number of nitriles is 1. The normalized spacial score (nSPS) is 10.5. The summed E-state index contributed by atoms with van der Waals surface area (Å²) in [4.78, 5) is 16.3. The third-order valence-corrected chi connectivity index (χ3v) is 4.65. The fraction of sp³-hybridized carbons (Fsp3) is 0.0800. The Morgan fingerprint density at radius 2 is 1.88 bits per heavy atom. The summed E-state index contributed by atoms with van der Waals surface area (Å²) in [6.07, 6.45) is 1.66. The second kappa shape index (κ2) is 9.75. The van der Waals surface area contributed by atoms with Gasteiger partial charge < -0.3 is 14.5 Å². The summed E-state index contributed by atoms with van der Waals surface area (Å²) in [7, 11) is 0. The Balaban J connectivity index is 1.30. The predicted octanol–water partition coefficient (Wildman–Crippen LogP) is 5.86. The topological polar surface area (TPSA) is 88.1 Å². The van der Waals surface area contributed by atoms with Gasteiger partial charge in [-0.25, -0.2) is 13.8 Å². The van der Waals surface area contributed by atoms with Gasteiger partial charge in [-0.2, -0.15) is 5.26 Å². The Morgan fingerprint density at radius 3 is 2.64 bits per heavy atom. The van der Waals surface area contributed by atoms with Gasteiger partial charge >= 0.3 is 0 Å². The van der Waals surface area contributed by atoms with Crippen molar-refractivity contribution in [1.29, 1.82) is 5.26 Å². The molecule has 8 heteroatoms. The molecule has 1 N–H and O–H groups in total. The average molecular weight is 445 g/mol. The van der Waals surface area contributed by atoms with Crippen LogP contribution in [0, 0.1) is 23.0 Å². The van der Waals surface area contributed by atoms with E-state index >= 15 is 0 Å². The lowest BCUT2D eigenvalue weighted by molar-refractivity contribution is -0.116. The lowest BCUT2D eigenvalue weighted by Crippen LogP contribution is -2.12. The molecule has 33 heavy (non-hydrogen) atoms. The summed E-state index contributed by atoms with van der Waals surface area (Å²) in [5.74, 6) is -0.148. The highest BCUT2D eigenvalue weighted by Crippen LogP contribution is 2.25. The maximum absolute atomic E-state index is 13.9. The zero-order chi connectivity index (χ0) is 23.2. The largest absolute Gasteiger partial charge is 0.457 e. The van der Waals surface area contributed by atoms with Crippen LogP contribution in [0.1, 0.15) is 17.9 Å². The van der Waals surface area contributed by atoms with E-state index in [2.05, 4.69) is 16.4 Å². The number of ether oxygens (including phenoxy) is 1. The Hall–Kier alpha value is -4.51.